The molecule has 5 nitrogen and oxygen atoms in total. The topological polar surface area (TPSA) is 75.7 Å². The minimum Gasteiger partial charge on any atom is -0.411 e. The molecule has 0 atom stereocenters. The Morgan fingerprint density at radius 1 is 1.40 bits per heavy atom. The van der Waals surface area contributed by atoms with Gasteiger partial charge in [-0.1, -0.05) is 11.2 Å². The number of aryl methyl sites for hydroxylation is 1. The number of nitrogens with zero attached hydrogens (tertiary/aromatic N) is 2. The van der Waals surface area contributed by atoms with Gasteiger partial charge in [0, 0.05) is 17.7 Å². The van der Waals surface area contributed by atoms with Crippen molar-refractivity contribution in [3.05, 3.63) is 39.4 Å². The van der Waals surface area contributed by atoms with Crippen molar-refractivity contribution in [3.8, 4) is 0 Å². The van der Waals surface area contributed by atoms with Crippen molar-refractivity contribution in [3.63, 3.8) is 0 Å². The molecular formula is C10H10N2O3. The molecule has 0 aromatic heterocycles. The number of hydrogen-bond donors (Lipinski definition) is 1. The summed E-state index contributed by atoms with van der Waals surface area (Å²) in [6.45, 7) is 0. The summed E-state index contributed by atoms with van der Waals surface area (Å²) in [6, 6.07) is 4.69. The lowest BCUT2D eigenvalue weighted by atomic mass is 9.90. The Morgan fingerprint density at radius 2 is 2.20 bits per heavy atom. The molecular weight excluding hydrogens is 196 g/mol. The summed E-state index contributed by atoms with van der Waals surface area (Å²) in [7, 11) is 0. The Kier molecular flexibility index (Phi) is 2.37. The Balaban J connectivity index is 2.53. The van der Waals surface area contributed by atoms with Crippen LogP contribution in [-0.4, -0.2) is 15.8 Å². The van der Waals surface area contributed by atoms with Gasteiger partial charge in [0.15, 0.2) is 0 Å². The van der Waals surface area contributed by atoms with Crippen molar-refractivity contribution in [2.45, 2.75) is 19.3 Å². The van der Waals surface area contributed by atoms with Crippen LogP contribution in [0.25, 0.3) is 0 Å². The molecule has 0 amide bonds. The number of non-ortho nitro benzene ring substituents is 1. The second-order valence-electron chi connectivity index (χ2n) is 3.50. The summed E-state index contributed by atoms with van der Waals surface area (Å²) in [4.78, 5) is 10.1. The molecule has 78 valence electrons. The van der Waals surface area contributed by atoms with Gasteiger partial charge < -0.3 is 5.21 Å². The van der Waals surface area contributed by atoms with Crippen molar-refractivity contribution in [2.24, 2.45) is 5.16 Å². The molecule has 0 saturated carbocycles. The van der Waals surface area contributed by atoms with Gasteiger partial charge in [-0.2, -0.15) is 0 Å². The molecule has 1 aliphatic rings. The van der Waals surface area contributed by atoms with E-state index in [0.717, 1.165) is 18.4 Å². The predicted octanol–water partition coefficient (Wildman–Crippen LogP) is 2.11. The number of oxime groups is 1. The second kappa shape index (κ2) is 3.68. The number of nitro groups is 1. The van der Waals surface area contributed by atoms with E-state index in [2.05, 4.69) is 5.16 Å². The van der Waals surface area contributed by atoms with Gasteiger partial charge in [0.05, 0.1) is 10.6 Å². The normalized spacial score (nSPS) is 17.5. The van der Waals surface area contributed by atoms with E-state index >= 15 is 0 Å². The fourth-order valence-electron chi connectivity index (χ4n) is 1.85. The smallest absolute Gasteiger partial charge is 0.270 e. The van der Waals surface area contributed by atoms with E-state index in [9.17, 15) is 10.1 Å². The third-order valence-electron chi connectivity index (χ3n) is 2.60. The third kappa shape index (κ3) is 1.68. The maximum atomic E-state index is 10.6. The Morgan fingerprint density at radius 3 is 2.87 bits per heavy atom. The molecule has 0 fully saturated rings. The molecule has 5 heteroatoms. The van der Waals surface area contributed by atoms with E-state index in [1.54, 1.807) is 6.07 Å². The van der Waals surface area contributed by atoms with Crippen molar-refractivity contribution in [1.82, 2.24) is 0 Å². The predicted molar refractivity (Wildman–Crippen MR) is 54.4 cm³/mol. The van der Waals surface area contributed by atoms with Gasteiger partial charge in [-0.15, -0.1) is 0 Å². The van der Waals surface area contributed by atoms with Crippen LogP contribution in [0, 0.1) is 10.1 Å². The highest BCUT2D eigenvalue weighted by atomic mass is 16.6. The van der Waals surface area contributed by atoms with E-state index in [1.807, 2.05) is 0 Å². The lowest BCUT2D eigenvalue weighted by molar-refractivity contribution is -0.384. The van der Waals surface area contributed by atoms with Crippen molar-refractivity contribution in [1.29, 1.82) is 0 Å². The largest absolute Gasteiger partial charge is 0.411 e. The molecule has 1 N–H and O–H groups in total. The summed E-state index contributed by atoms with van der Waals surface area (Å²) in [5.74, 6) is 0. The highest BCUT2D eigenvalue weighted by Crippen LogP contribution is 2.25. The van der Waals surface area contributed by atoms with Crippen molar-refractivity contribution < 1.29 is 10.1 Å². The highest BCUT2D eigenvalue weighted by Gasteiger charge is 2.19. The van der Waals surface area contributed by atoms with E-state index in [1.165, 1.54) is 12.1 Å². The zero-order valence-electron chi connectivity index (χ0n) is 8.01. The van der Waals surface area contributed by atoms with Crippen LogP contribution in [0.15, 0.2) is 23.4 Å². The maximum absolute atomic E-state index is 10.6. The molecule has 0 radical (unpaired) electrons. The van der Waals surface area contributed by atoms with Gasteiger partial charge in [-0.25, -0.2) is 0 Å². The summed E-state index contributed by atoms with van der Waals surface area (Å²) < 4.78 is 0. The molecule has 1 aromatic rings. The molecule has 0 aliphatic heterocycles. The quantitative estimate of drug-likeness (QED) is 0.434. The van der Waals surface area contributed by atoms with E-state index < -0.39 is 4.92 Å². The molecule has 1 aromatic carbocycles. The van der Waals surface area contributed by atoms with Crippen LogP contribution in [0.3, 0.4) is 0 Å². The van der Waals surface area contributed by atoms with E-state index in [0.29, 0.717) is 17.7 Å². The summed E-state index contributed by atoms with van der Waals surface area (Å²) >= 11 is 0. The minimum atomic E-state index is -0.441. The summed E-state index contributed by atoms with van der Waals surface area (Å²) in [5, 5.41) is 22.6. The van der Waals surface area contributed by atoms with Gasteiger partial charge >= 0.3 is 0 Å². The van der Waals surface area contributed by atoms with Crippen LogP contribution >= 0.6 is 0 Å². The summed E-state index contributed by atoms with van der Waals surface area (Å²) in [5.41, 5.74) is 2.30. The first-order valence-corrected chi connectivity index (χ1v) is 4.71. The fourth-order valence-corrected chi connectivity index (χ4v) is 1.85. The van der Waals surface area contributed by atoms with Gasteiger partial charge in [-0.3, -0.25) is 10.1 Å². The molecule has 15 heavy (non-hydrogen) atoms. The van der Waals surface area contributed by atoms with Crippen LogP contribution in [0.5, 0.6) is 0 Å². The number of hydrogen-bond acceptors (Lipinski definition) is 4. The van der Waals surface area contributed by atoms with Crippen LogP contribution in [0.1, 0.15) is 24.0 Å². The van der Waals surface area contributed by atoms with E-state index in [4.69, 9.17) is 5.21 Å². The molecule has 0 spiro atoms. The fraction of sp³-hybridized carbons (Fsp3) is 0.300. The second-order valence-corrected chi connectivity index (χ2v) is 3.50. The number of rotatable bonds is 1. The van der Waals surface area contributed by atoms with Gasteiger partial charge in [0.25, 0.3) is 5.69 Å². The third-order valence-corrected chi connectivity index (χ3v) is 2.60. The van der Waals surface area contributed by atoms with Crippen LogP contribution in [-0.2, 0) is 6.42 Å². The first-order chi connectivity index (χ1) is 7.22. The molecule has 1 aliphatic carbocycles. The lowest BCUT2D eigenvalue weighted by Gasteiger charge is -2.15. The Labute approximate surface area is 86.2 Å². The van der Waals surface area contributed by atoms with Crippen LogP contribution in [0.4, 0.5) is 5.69 Å². The first-order valence-electron chi connectivity index (χ1n) is 4.71. The average molecular weight is 206 g/mol. The minimum absolute atomic E-state index is 0.0387. The standard InChI is InChI=1S/C10H10N2O3/c13-11-10-3-1-2-7-4-5-8(12(14)15)6-9(7)10/h4-6,13H,1-3H2/b11-10-. The lowest BCUT2D eigenvalue weighted by Crippen LogP contribution is -2.12. The monoisotopic (exact) mass is 206 g/mol. The molecule has 0 saturated heterocycles. The van der Waals surface area contributed by atoms with E-state index in [-0.39, 0.29) is 5.69 Å². The molecule has 0 bridgehead atoms. The van der Waals surface area contributed by atoms with Gasteiger partial charge in [-0.05, 0) is 24.8 Å². The molecule has 2 rings (SSSR count). The summed E-state index contributed by atoms with van der Waals surface area (Å²) in [6.07, 6.45) is 2.47. The Bertz CT molecular complexity index is 440. The highest BCUT2D eigenvalue weighted by molar-refractivity contribution is 6.02. The molecule has 0 heterocycles. The zero-order chi connectivity index (χ0) is 10.8. The Hall–Kier alpha value is -1.91. The maximum Gasteiger partial charge on any atom is 0.270 e. The van der Waals surface area contributed by atoms with Crippen molar-refractivity contribution >= 4 is 11.4 Å². The van der Waals surface area contributed by atoms with Crippen LogP contribution < -0.4 is 0 Å². The average Bonchev–Trinajstić information content (AvgIpc) is 2.27. The SMILES string of the molecule is O=[N+]([O-])c1ccc2c(c1)/C(=N\O)CCC2. The van der Waals surface area contributed by atoms with Gasteiger partial charge in [0.2, 0.25) is 0 Å². The van der Waals surface area contributed by atoms with Crippen molar-refractivity contribution in [2.75, 3.05) is 0 Å². The number of benzene rings is 1. The van der Waals surface area contributed by atoms with Gasteiger partial charge in [0.1, 0.15) is 0 Å². The number of fused-ring (bicyclic) bond motifs is 1. The zero-order valence-corrected chi connectivity index (χ0v) is 8.01. The molecule has 0 unspecified atom stereocenters. The number of nitro benzene ring substituents is 1. The first kappa shape index (κ1) is 9.64. The van der Waals surface area contributed by atoms with Crippen LogP contribution in [0.2, 0.25) is 0 Å².